The topological polar surface area (TPSA) is 91.9 Å². The third-order valence-corrected chi connectivity index (χ3v) is 3.66. The molecule has 7 nitrogen and oxygen atoms in total. The molecule has 0 aromatic carbocycles. The molecule has 0 saturated heterocycles. The highest BCUT2D eigenvalue weighted by atomic mass is 35.5. The highest BCUT2D eigenvalue weighted by Gasteiger charge is 2.21. The molecule has 3 heterocycles. The van der Waals surface area contributed by atoms with Crippen LogP contribution in [0.25, 0.3) is 0 Å². The lowest BCUT2D eigenvalue weighted by Crippen LogP contribution is -2.31. The van der Waals surface area contributed by atoms with Gasteiger partial charge in [0.05, 0.1) is 6.54 Å². The molecule has 124 valence electrons. The average molecular weight is 358 g/mol. The summed E-state index contributed by atoms with van der Waals surface area (Å²) < 4.78 is 5.42. The normalized spacial score (nSPS) is 12.9. The SMILES string of the molecule is Cl.O=C(NCCOc1ncccc1Cl)c1n[nH]c2c1CNCC2. The van der Waals surface area contributed by atoms with Gasteiger partial charge in [0.15, 0.2) is 5.69 Å². The Kier molecular flexibility index (Phi) is 6.20. The zero-order chi connectivity index (χ0) is 15.4. The van der Waals surface area contributed by atoms with Crippen molar-refractivity contribution >= 4 is 29.9 Å². The van der Waals surface area contributed by atoms with Gasteiger partial charge in [0.2, 0.25) is 5.88 Å². The Balaban J connectivity index is 0.00000192. The lowest BCUT2D eigenvalue weighted by molar-refractivity contribution is 0.0940. The number of amides is 1. The summed E-state index contributed by atoms with van der Waals surface area (Å²) in [6.45, 7) is 2.19. The van der Waals surface area contributed by atoms with E-state index in [1.54, 1.807) is 18.3 Å². The molecule has 1 amide bonds. The van der Waals surface area contributed by atoms with Crippen molar-refractivity contribution in [1.29, 1.82) is 0 Å². The van der Waals surface area contributed by atoms with Crippen LogP contribution in [0.1, 0.15) is 21.7 Å². The number of fused-ring (bicyclic) bond motifs is 1. The molecule has 0 atom stereocenters. The van der Waals surface area contributed by atoms with E-state index in [1.165, 1.54) is 0 Å². The zero-order valence-electron chi connectivity index (χ0n) is 12.3. The first-order valence-corrected chi connectivity index (χ1v) is 7.42. The van der Waals surface area contributed by atoms with E-state index in [9.17, 15) is 4.79 Å². The second-order valence-electron chi connectivity index (χ2n) is 4.85. The molecule has 3 N–H and O–H groups in total. The molecule has 0 radical (unpaired) electrons. The Bertz CT molecular complexity index is 677. The Labute approximate surface area is 144 Å². The van der Waals surface area contributed by atoms with Crippen LogP contribution in [-0.2, 0) is 13.0 Å². The maximum Gasteiger partial charge on any atom is 0.272 e. The number of pyridine rings is 1. The van der Waals surface area contributed by atoms with E-state index in [-0.39, 0.29) is 24.9 Å². The number of aromatic nitrogens is 3. The van der Waals surface area contributed by atoms with Crippen LogP contribution in [0.4, 0.5) is 0 Å². The van der Waals surface area contributed by atoms with E-state index >= 15 is 0 Å². The molecular weight excluding hydrogens is 341 g/mol. The molecule has 0 fully saturated rings. The quantitative estimate of drug-likeness (QED) is 0.702. The first-order chi connectivity index (χ1) is 10.8. The second-order valence-corrected chi connectivity index (χ2v) is 5.26. The van der Waals surface area contributed by atoms with Crippen LogP contribution in [0.3, 0.4) is 0 Å². The molecule has 0 spiro atoms. The van der Waals surface area contributed by atoms with Crippen molar-refractivity contribution in [2.24, 2.45) is 0 Å². The van der Waals surface area contributed by atoms with Crippen molar-refractivity contribution in [3.8, 4) is 5.88 Å². The molecule has 2 aromatic heterocycles. The fourth-order valence-electron chi connectivity index (χ4n) is 2.29. The molecule has 0 unspecified atom stereocenters. The molecule has 3 rings (SSSR count). The van der Waals surface area contributed by atoms with E-state index in [1.807, 2.05) is 0 Å². The number of nitrogens with zero attached hydrogens (tertiary/aromatic N) is 2. The number of carbonyl (C=O) groups is 1. The minimum absolute atomic E-state index is 0. The minimum atomic E-state index is -0.211. The van der Waals surface area contributed by atoms with Gasteiger partial charge in [-0.15, -0.1) is 12.4 Å². The van der Waals surface area contributed by atoms with Crippen molar-refractivity contribution in [1.82, 2.24) is 25.8 Å². The van der Waals surface area contributed by atoms with Crippen molar-refractivity contribution in [3.63, 3.8) is 0 Å². The molecule has 0 bridgehead atoms. The highest BCUT2D eigenvalue weighted by molar-refractivity contribution is 6.31. The summed E-state index contributed by atoms with van der Waals surface area (Å²) in [6.07, 6.45) is 2.46. The van der Waals surface area contributed by atoms with Gasteiger partial charge in [0.1, 0.15) is 11.6 Å². The number of ether oxygens (including phenoxy) is 1. The third-order valence-electron chi connectivity index (χ3n) is 3.37. The predicted octanol–water partition coefficient (Wildman–Crippen LogP) is 1.33. The van der Waals surface area contributed by atoms with Gasteiger partial charge in [0.25, 0.3) is 5.91 Å². The largest absolute Gasteiger partial charge is 0.475 e. The summed E-state index contributed by atoms with van der Waals surface area (Å²) in [5.74, 6) is 0.150. The number of H-pyrrole nitrogens is 1. The summed E-state index contributed by atoms with van der Waals surface area (Å²) in [7, 11) is 0. The number of nitrogens with one attached hydrogen (secondary N) is 3. The van der Waals surface area contributed by atoms with Crippen LogP contribution in [0.5, 0.6) is 5.88 Å². The summed E-state index contributed by atoms with van der Waals surface area (Å²) in [6, 6.07) is 3.43. The van der Waals surface area contributed by atoms with Crippen molar-refractivity contribution < 1.29 is 9.53 Å². The smallest absolute Gasteiger partial charge is 0.272 e. The molecule has 0 saturated carbocycles. The maximum atomic E-state index is 12.1. The van der Waals surface area contributed by atoms with Crippen LogP contribution >= 0.6 is 24.0 Å². The van der Waals surface area contributed by atoms with Gasteiger partial charge in [-0.2, -0.15) is 5.10 Å². The van der Waals surface area contributed by atoms with Crippen molar-refractivity contribution in [3.05, 3.63) is 40.3 Å². The Morgan fingerprint density at radius 2 is 2.35 bits per heavy atom. The van der Waals surface area contributed by atoms with Gasteiger partial charge in [-0.3, -0.25) is 9.89 Å². The number of hydrogen-bond donors (Lipinski definition) is 3. The monoisotopic (exact) mass is 357 g/mol. The van der Waals surface area contributed by atoms with Crippen molar-refractivity contribution in [2.45, 2.75) is 13.0 Å². The average Bonchev–Trinajstić information content (AvgIpc) is 2.97. The lowest BCUT2D eigenvalue weighted by Gasteiger charge is -2.13. The van der Waals surface area contributed by atoms with Gasteiger partial charge in [-0.25, -0.2) is 4.98 Å². The van der Waals surface area contributed by atoms with E-state index in [0.29, 0.717) is 29.7 Å². The van der Waals surface area contributed by atoms with Gasteiger partial charge < -0.3 is 15.4 Å². The van der Waals surface area contributed by atoms with Crippen LogP contribution in [0.2, 0.25) is 5.02 Å². The van der Waals surface area contributed by atoms with E-state index in [0.717, 1.165) is 24.2 Å². The molecule has 9 heteroatoms. The minimum Gasteiger partial charge on any atom is -0.475 e. The first-order valence-electron chi connectivity index (χ1n) is 7.04. The number of halogens is 2. The Hall–Kier alpha value is -1.83. The van der Waals surface area contributed by atoms with Crippen LogP contribution in [0, 0.1) is 0 Å². The van der Waals surface area contributed by atoms with Gasteiger partial charge in [-0.05, 0) is 12.1 Å². The van der Waals surface area contributed by atoms with E-state index in [2.05, 4.69) is 25.8 Å². The number of rotatable bonds is 5. The lowest BCUT2D eigenvalue weighted by atomic mass is 10.1. The summed E-state index contributed by atoms with van der Waals surface area (Å²) >= 11 is 5.93. The standard InChI is InChI=1S/C14H16ClN5O2.ClH/c15-10-2-1-4-18-14(10)22-7-6-17-13(21)12-9-8-16-5-3-11(9)19-20-12;/h1-2,4,16H,3,5-8H2,(H,17,21)(H,19,20);1H. The van der Waals surface area contributed by atoms with Gasteiger partial charge >= 0.3 is 0 Å². The van der Waals surface area contributed by atoms with Gasteiger partial charge in [-0.1, -0.05) is 11.6 Å². The van der Waals surface area contributed by atoms with Crippen LogP contribution in [-0.4, -0.2) is 40.8 Å². The number of carbonyl (C=O) groups excluding carboxylic acids is 1. The Morgan fingerprint density at radius 1 is 1.48 bits per heavy atom. The molecule has 0 aliphatic carbocycles. The third kappa shape index (κ3) is 4.13. The Morgan fingerprint density at radius 3 is 3.17 bits per heavy atom. The second kappa shape index (κ2) is 8.14. The highest BCUT2D eigenvalue weighted by Crippen LogP contribution is 2.19. The molecule has 1 aliphatic heterocycles. The van der Waals surface area contributed by atoms with Crippen LogP contribution in [0.15, 0.2) is 18.3 Å². The fraction of sp³-hybridized carbons (Fsp3) is 0.357. The van der Waals surface area contributed by atoms with Crippen molar-refractivity contribution in [2.75, 3.05) is 19.7 Å². The zero-order valence-corrected chi connectivity index (χ0v) is 13.8. The summed E-state index contributed by atoms with van der Waals surface area (Å²) in [5, 5.41) is 13.5. The summed E-state index contributed by atoms with van der Waals surface area (Å²) in [5.41, 5.74) is 2.41. The van der Waals surface area contributed by atoms with E-state index < -0.39 is 0 Å². The first kappa shape index (κ1) is 17.5. The number of aromatic amines is 1. The van der Waals surface area contributed by atoms with Gasteiger partial charge in [0, 0.05) is 37.0 Å². The maximum absolute atomic E-state index is 12.1. The molecule has 23 heavy (non-hydrogen) atoms. The molecular formula is C14H17Cl2N5O2. The summed E-state index contributed by atoms with van der Waals surface area (Å²) in [4.78, 5) is 16.1. The van der Waals surface area contributed by atoms with Crippen LogP contribution < -0.4 is 15.4 Å². The molecule has 2 aromatic rings. The number of hydrogen-bond acceptors (Lipinski definition) is 5. The fourth-order valence-corrected chi connectivity index (χ4v) is 2.46. The van der Waals surface area contributed by atoms with E-state index in [4.69, 9.17) is 16.3 Å². The predicted molar refractivity (Wildman–Crippen MR) is 88.3 cm³/mol. The molecule has 1 aliphatic rings.